The van der Waals surface area contributed by atoms with Gasteiger partial charge in [0.15, 0.2) is 0 Å². The summed E-state index contributed by atoms with van der Waals surface area (Å²) in [5.74, 6) is 2.67. The second-order valence-corrected chi connectivity index (χ2v) is 6.42. The molecule has 0 spiro atoms. The molecule has 0 radical (unpaired) electrons. The number of carbonyl (C=O) groups is 1. The largest absolute Gasteiger partial charge is 0.299 e. The summed E-state index contributed by atoms with van der Waals surface area (Å²) in [4.78, 5) is 12.0. The summed E-state index contributed by atoms with van der Waals surface area (Å²) in [6.45, 7) is 6.92. The maximum atomic E-state index is 12.0. The lowest BCUT2D eigenvalue weighted by atomic mass is 9.36. The number of Topliss-reactive ketones (excluding diaryl/α,β-unsaturated/α-hetero) is 1. The van der Waals surface area contributed by atoms with Crippen LogP contribution >= 0.6 is 0 Å². The summed E-state index contributed by atoms with van der Waals surface area (Å²) in [5.41, 5.74) is 0.500. The highest BCUT2D eigenvalue weighted by atomic mass is 16.1. The Morgan fingerprint density at radius 3 is 2.46 bits per heavy atom. The normalized spacial score (nSPS) is 56.2. The summed E-state index contributed by atoms with van der Waals surface area (Å²) >= 11 is 0. The first-order chi connectivity index (χ1) is 5.94. The Labute approximate surface area is 79.9 Å². The van der Waals surface area contributed by atoms with Crippen molar-refractivity contribution in [2.24, 2.45) is 28.6 Å². The first-order valence-corrected chi connectivity index (χ1v) is 5.48. The van der Waals surface area contributed by atoms with Gasteiger partial charge in [-0.25, -0.2) is 0 Å². The van der Waals surface area contributed by atoms with E-state index in [0.29, 0.717) is 17.1 Å². The summed E-state index contributed by atoms with van der Waals surface area (Å²) in [7, 11) is 0. The third-order valence-corrected chi connectivity index (χ3v) is 4.89. The van der Waals surface area contributed by atoms with Gasteiger partial charge >= 0.3 is 0 Å². The van der Waals surface area contributed by atoms with Crippen LogP contribution < -0.4 is 0 Å². The Morgan fingerprint density at radius 1 is 1.31 bits per heavy atom. The molecule has 0 heterocycles. The molecule has 72 valence electrons. The lowest BCUT2D eigenvalue weighted by molar-refractivity contribution is -0.194. The van der Waals surface area contributed by atoms with Gasteiger partial charge in [0, 0.05) is 11.3 Å². The van der Waals surface area contributed by atoms with E-state index in [-0.39, 0.29) is 5.41 Å². The third-order valence-electron chi connectivity index (χ3n) is 4.89. The summed E-state index contributed by atoms with van der Waals surface area (Å²) in [6.07, 6.45) is 3.54. The van der Waals surface area contributed by atoms with Crippen LogP contribution in [-0.2, 0) is 4.79 Å². The van der Waals surface area contributed by atoms with Crippen LogP contribution in [0, 0.1) is 28.6 Å². The van der Waals surface area contributed by atoms with Crippen molar-refractivity contribution in [1.82, 2.24) is 0 Å². The zero-order valence-electron chi connectivity index (χ0n) is 8.76. The Morgan fingerprint density at radius 2 is 2.00 bits per heavy atom. The minimum atomic E-state index is 0.0613. The smallest absolute Gasteiger partial charge is 0.142 e. The molecule has 0 aromatic carbocycles. The van der Waals surface area contributed by atoms with Gasteiger partial charge in [0.1, 0.15) is 5.78 Å². The molecule has 13 heavy (non-hydrogen) atoms. The zero-order chi connectivity index (χ0) is 9.43. The quantitative estimate of drug-likeness (QED) is 0.557. The fourth-order valence-corrected chi connectivity index (χ4v) is 4.82. The molecule has 0 saturated heterocycles. The fourth-order valence-electron chi connectivity index (χ4n) is 4.82. The second-order valence-electron chi connectivity index (χ2n) is 6.42. The van der Waals surface area contributed by atoms with Crippen LogP contribution in [0.25, 0.3) is 0 Å². The number of carbonyl (C=O) groups excluding carboxylic acids is 1. The highest BCUT2D eigenvalue weighted by molar-refractivity contribution is 5.90. The van der Waals surface area contributed by atoms with Gasteiger partial charge in [0.05, 0.1) is 0 Å². The van der Waals surface area contributed by atoms with Crippen molar-refractivity contribution in [2.75, 3.05) is 0 Å². The van der Waals surface area contributed by atoms with Crippen molar-refractivity contribution < 1.29 is 4.79 Å². The monoisotopic (exact) mass is 178 g/mol. The van der Waals surface area contributed by atoms with E-state index in [4.69, 9.17) is 0 Å². The van der Waals surface area contributed by atoms with E-state index in [2.05, 4.69) is 20.8 Å². The van der Waals surface area contributed by atoms with E-state index in [1.54, 1.807) is 0 Å². The predicted octanol–water partition coefficient (Wildman–Crippen LogP) is 2.65. The van der Waals surface area contributed by atoms with Gasteiger partial charge in [-0.3, -0.25) is 4.79 Å². The van der Waals surface area contributed by atoms with Gasteiger partial charge in [-0.05, 0) is 36.5 Å². The topological polar surface area (TPSA) is 17.1 Å². The van der Waals surface area contributed by atoms with Crippen molar-refractivity contribution in [3.8, 4) is 0 Å². The number of hydrogen-bond donors (Lipinski definition) is 0. The number of hydrogen-bond acceptors (Lipinski definition) is 1. The van der Waals surface area contributed by atoms with Gasteiger partial charge < -0.3 is 0 Å². The molecule has 0 aliphatic heterocycles. The van der Waals surface area contributed by atoms with E-state index in [1.165, 1.54) is 12.8 Å². The summed E-state index contributed by atoms with van der Waals surface area (Å²) in [6, 6.07) is 0. The fraction of sp³-hybridized carbons (Fsp3) is 0.917. The van der Waals surface area contributed by atoms with Crippen LogP contribution in [0.1, 0.15) is 40.0 Å². The van der Waals surface area contributed by atoms with E-state index < -0.39 is 0 Å². The summed E-state index contributed by atoms with van der Waals surface area (Å²) < 4.78 is 0. The van der Waals surface area contributed by atoms with Gasteiger partial charge in [-0.2, -0.15) is 0 Å². The Bertz CT molecular complexity index is 291. The predicted molar refractivity (Wildman–Crippen MR) is 51.2 cm³/mol. The van der Waals surface area contributed by atoms with Crippen molar-refractivity contribution in [3.05, 3.63) is 0 Å². The molecule has 0 N–H and O–H groups in total. The molecule has 4 bridgehead atoms. The molecule has 5 rings (SSSR count). The van der Waals surface area contributed by atoms with Crippen molar-refractivity contribution in [3.63, 3.8) is 0 Å². The first kappa shape index (κ1) is 8.02. The van der Waals surface area contributed by atoms with E-state index >= 15 is 0 Å². The molecule has 5 fully saturated rings. The van der Waals surface area contributed by atoms with Gasteiger partial charge in [0.25, 0.3) is 0 Å². The maximum Gasteiger partial charge on any atom is 0.142 e. The minimum Gasteiger partial charge on any atom is -0.299 e. The molecule has 1 nitrogen and oxygen atoms in total. The molecule has 5 saturated carbocycles. The number of ketones is 1. The molecular formula is C12H18O. The van der Waals surface area contributed by atoms with Crippen LogP contribution in [0.5, 0.6) is 0 Å². The summed E-state index contributed by atoms with van der Waals surface area (Å²) in [5, 5.41) is 0. The standard InChI is InChI=1S/C12H18O/c1-11(2)6-12(3)5-7-4-8(9(7)11)10(12)13/h7-9H,4-6H2,1-3H3. The van der Waals surface area contributed by atoms with E-state index in [9.17, 15) is 4.79 Å². The SMILES string of the molecule is CC12CC3CC(C1=O)C3C(C)(C)C2. The first-order valence-electron chi connectivity index (χ1n) is 5.48. The number of fused-ring (bicyclic) bond motifs is 1. The molecule has 1 heteroatoms. The zero-order valence-corrected chi connectivity index (χ0v) is 8.76. The molecule has 0 aromatic rings. The van der Waals surface area contributed by atoms with Crippen molar-refractivity contribution >= 4 is 5.78 Å². The lowest BCUT2D eigenvalue weighted by Gasteiger charge is -2.67. The van der Waals surface area contributed by atoms with Crippen LogP contribution in [0.2, 0.25) is 0 Å². The van der Waals surface area contributed by atoms with Crippen LogP contribution in [0.15, 0.2) is 0 Å². The highest BCUT2D eigenvalue weighted by Gasteiger charge is 2.66. The van der Waals surface area contributed by atoms with Crippen LogP contribution in [-0.4, -0.2) is 5.78 Å². The maximum absolute atomic E-state index is 12.0. The molecule has 4 unspecified atom stereocenters. The highest BCUT2D eigenvalue weighted by Crippen LogP contribution is 2.69. The molecule has 5 aliphatic rings. The Hall–Kier alpha value is -0.330. The van der Waals surface area contributed by atoms with Crippen LogP contribution in [0.3, 0.4) is 0 Å². The Kier molecular flexibility index (Phi) is 1.15. The molecule has 0 amide bonds. The van der Waals surface area contributed by atoms with E-state index in [1.807, 2.05) is 0 Å². The Balaban J connectivity index is 2.07. The third kappa shape index (κ3) is 0.730. The second kappa shape index (κ2) is 1.87. The molecular weight excluding hydrogens is 160 g/mol. The average molecular weight is 178 g/mol. The minimum absolute atomic E-state index is 0.0613. The average Bonchev–Trinajstić information content (AvgIpc) is 1.88. The van der Waals surface area contributed by atoms with Gasteiger partial charge in [-0.1, -0.05) is 20.8 Å². The molecule has 5 aliphatic carbocycles. The van der Waals surface area contributed by atoms with E-state index in [0.717, 1.165) is 18.3 Å². The number of rotatable bonds is 0. The molecule has 0 aromatic heterocycles. The lowest BCUT2D eigenvalue weighted by Crippen LogP contribution is -2.65. The van der Waals surface area contributed by atoms with Crippen LogP contribution in [0.4, 0.5) is 0 Å². The van der Waals surface area contributed by atoms with Crippen molar-refractivity contribution in [2.45, 2.75) is 40.0 Å². The molecule has 4 atom stereocenters. The van der Waals surface area contributed by atoms with Gasteiger partial charge in [0.2, 0.25) is 0 Å². The van der Waals surface area contributed by atoms with Gasteiger partial charge in [-0.15, -0.1) is 0 Å². The van der Waals surface area contributed by atoms with Crippen molar-refractivity contribution in [1.29, 1.82) is 0 Å².